The summed E-state index contributed by atoms with van der Waals surface area (Å²) in [6.45, 7) is 0. The van der Waals surface area contributed by atoms with Crippen LogP contribution in [0, 0.1) is 5.82 Å². The van der Waals surface area contributed by atoms with E-state index in [2.05, 4.69) is 30.2 Å². The predicted octanol–water partition coefficient (Wildman–Crippen LogP) is 4.56. The van der Waals surface area contributed by atoms with Crippen LogP contribution in [0.3, 0.4) is 0 Å². The molecule has 4 aromatic heterocycles. The maximum absolute atomic E-state index is 14.4. The van der Waals surface area contributed by atoms with E-state index in [1.54, 1.807) is 38.6 Å². The van der Waals surface area contributed by atoms with Crippen LogP contribution in [-0.2, 0) is 0 Å². The van der Waals surface area contributed by atoms with E-state index in [9.17, 15) is 4.39 Å². The smallest absolute Gasteiger partial charge is 0.324 e. The molecule has 0 saturated carbocycles. The van der Waals surface area contributed by atoms with E-state index < -0.39 is 0 Å². The molecule has 0 radical (unpaired) electrons. The van der Waals surface area contributed by atoms with Gasteiger partial charge >= 0.3 is 6.01 Å². The first kappa shape index (κ1) is 20.4. The lowest BCUT2D eigenvalue weighted by Gasteiger charge is -2.09. The number of ether oxygens (including phenoxy) is 3. The Balaban J connectivity index is 1.73. The molecule has 0 aliphatic carbocycles. The van der Waals surface area contributed by atoms with E-state index in [4.69, 9.17) is 14.2 Å². The largest absolute Gasteiger partial charge is 0.481 e. The third-order valence-electron chi connectivity index (χ3n) is 5.12. The first-order valence-electron chi connectivity index (χ1n) is 9.98. The molecule has 0 aliphatic heterocycles. The van der Waals surface area contributed by atoms with Gasteiger partial charge in [-0.3, -0.25) is 0 Å². The Kier molecular flexibility index (Phi) is 5.09. The lowest BCUT2D eigenvalue weighted by atomic mass is 10.1. The maximum atomic E-state index is 14.4. The number of nitrogens with zero attached hydrogens (tertiary/aromatic N) is 4. The molecule has 1 aromatic carbocycles. The van der Waals surface area contributed by atoms with Crippen LogP contribution in [0.15, 0.2) is 48.8 Å². The Hall–Kier alpha value is -4.47. The number of rotatable bonds is 6. The number of hydrogen-bond donors (Lipinski definition) is 2. The molecule has 33 heavy (non-hydrogen) atoms. The minimum absolute atomic E-state index is 0.0957. The summed E-state index contributed by atoms with van der Waals surface area (Å²) in [7, 11) is 4.81. The van der Waals surface area contributed by atoms with Crippen LogP contribution >= 0.6 is 0 Å². The van der Waals surface area contributed by atoms with Gasteiger partial charge in [-0.25, -0.2) is 14.4 Å². The number of hydrogen-bond acceptors (Lipinski definition) is 8. The van der Waals surface area contributed by atoms with Crippen molar-refractivity contribution in [2.75, 3.05) is 26.6 Å². The molecule has 0 aliphatic rings. The average molecular weight is 446 g/mol. The summed E-state index contributed by atoms with van der Waals surface area (Å²) in [5.41, 5.74) is 3.02. The van der Waals surface area contributed by atoms with Gasteiger partial charge in [0.25, 0.3) is 0 Å². The Labute approximate surface area is 187 Å². The lowest BCUT2D eigenvalue weighted by molar-refractivity contribution is 0.393. The normalized spacial score (nSPS) is 11.0. The van der Waals surface area contributed by atoms with Crippen molar-refractivity contribution >= 4 is 27.6 Å². The molecule has 10 heteroatoms. The van der Waals surface area contributed by atoms with Crippen LogP contribution in [0.25, 0.3) is 33.2 Å². The van der Waals surface area contributed by atoms with E-state index in [1.165, 1.54) is 25.4 Å². The number of fused-ring (bicyclic) bond motifs is 3. The standard InChI is InChI=1S/C23H19FN6O3/c1-25-16-9-13(24)8-15-19-20(12-4-6-17(31-2)26-10-12)29-23(30-22(19)28-21(15)16)33-14-5-7-18(32-3)27-11-14/h4-11,25H,1-3H3,(H,28,29,30). The molecule has 0 atom stereocenters. The zero-order valence-electron chi connectivity index (χ0n) is 18.0. The minimum atomic E-state index is -0.379. The van der Waals surface area contributed by atoms with Crippen LogP contribution in [-0.4, -0.2) is 46.2 Å². The van der Waals surface area contributed by atoms with E-state index in [-0.39, 0.29) is 11.8 Å². The van der Waals surface area contributed by atoms with Gasteiger partial charge in [0, 0.05) is 36.3 Å². The second kappa shape index (κ2) is 8.23. The van der Waals surface area contributed by atoms with Crippen molar-refractivity contribution in [3.8, 4) is 34.8 Å². The van der Waals surface area contributed by atoms with Gasteiger partial charge in [-0.1, -0.05) is 0 Å². The summed E-state index contributed by atoms with van der Waals surface area (Å²) in [4.78, 5) is 20.9. The number of H-pyrrole nitrogens is 1. The summed E-state index contributed by atoms with van der Waals surface area (Å²) in [5, 5.41) is 4.29. The number of halogens is 1. The number of pyridine rings is 2. The molecule has 5 aromatic rings. The number of anilines is 1. The highest BCUT2D eigenvalue weighted by Crippen LogP contribution is 2.37. The van der Waals surface area contributed by atoms with E-state index in [1.807, 2.05) is 6.07 Å². The molecule has 0 fully saturated rings. The van der Waals surface area contributed by atoms with Gasteiger partial charge in [0.05, 0.1) is 42.7 Å². The molecular formula is C23H19FN6O3. The van der Waals surface area contributed by atoms with Crippen molar-refractivity contribution in [3.05, 3.63) is 54.6 Å². The quantitative estimate of drug-likeness (QED) is 0.391. The zero-order valence-corrected chi connectivity index (χ0v) is 18.0. The fourth-order valence-electron chi connectivity index (χ4n) is 3.59. The lowest BCUT2D eigenvalue weighted by Crippen LogP contribution is -1.97. The molecule has 0 unspecified atom stereocenters. The number of benzene rings is 1. The van der Waals surface area contributed by atoms with Gasteiger partial charge in [0.15, 0.2) is 0 Å². The summed E-state index contributed by atoms with van der Waals surface area (Å²) in [6, 6.07) is 9.89. The van der Waals surface area contributed by atoms with Crippen LogP contribution in [0.2, 0.25) is 0 Å². The molecule has 2 N–H and O–H groups in total. The molecule has 0 amide bonds. The van der Waals surface area contributed by atoms with Crippen LogP contribution < -0.4 is 19.5 Å². The summed E-state index contributed by atoms with van der Waals surface area (Å²) in [6.07, 6.45) is 3.15. The maximum Gasteiger partial charge on any atom is 0.324 e. The molecule has 4 heterocycles. The number of aromatic nitrogens is 5. The van der Waals surface area contributed by atoms with Gasteiger partial charge in [-0.2, -0.15) is 9.97 Å². The average Bonchev–Trinajstić information content (AvgIpc) is 3.21. The molecule has 0 saturated heterocycles. The Morgan fingerprint density at radius 3 is 2.33 bits per heavy atom. The van der Waals surface area contributed by atoms with Crippen molar-refractivity contribution in [1.29, 1.82) is 0 Å². The van der Waals surface area contributed by atoms with Gasteiger partial charge in [0.2, 0.25) is 11.8 Å². The fraction of sp³-hybridized carbons (Fsp3) is 0.130. The van der Waals surface area contributed by atoms with Crippen LogP contribution in [0.4, 0.5) is 10.1 Å². The zero-order chi connectivity index (χ0) is 22.9. The topological polar surface area (TPSA) is 107 Å². The van der Waals surface area contributed by atoms with Crippen molar-refractivity contribution in [2.45, 2.75) is 0 Å². The van der Waals surface area contributed by atoms with Crippen molar-refractivity contribution in [2.24, 2.45) is 0 Å². The van der Waals surface area contributed by atoms with Gasteiger partial charge < -0.3 is 24.5 Å². The molecule has 0 spiro atoms. The molecule has 166 valence electrons. The molecular weight excluding hydrogens is 427 g/mol. The minimum Gasteiger partial charge on any atom is -0.481 e. The van der Waals surface area contributed by atoms with Gasteiger partial charge in [-0.05, 0) is 24.3 Å². The molecule has 0 bridgehead atoms. The SMILES string of the molecule is CNc1cc(F)cc2c1[nH]c1nc(Oc3ccc(OC)nc3)nc(-c3ccc(OC)nc3)c12. The Morgan fingerprint density at radius 2 is 1.70 bits per heavy atom. The van der Waals surface area contributed by atoms with E-state index in [0.717, 1.165) is 0 Å². The van der Waals surface area contributed by atoms with Crippen molar-refractivity contribution in [1.82, 2.24) is 24.9 Å². The second-order valence-corrected chi connectivity index (χ2v) is 7.06. The highest BCUT2D eigenvalue weighted by molar-refractivity contribution is 6.15. The van der Waals surface area contributed by atoms with Crippen LogP contribution in [0.5, 0.6) is 23.5 Å². The van der Waals surface area contributed by atoms with Crippen LogP contribution in [0.1, 0.15) is 0 Å². The molecule has 9 nitrogen and oxygen atoms in total. The highest BCUT2D eigenvalue weighted by Gasteiger charge is 2.19. The third-order valence-corrected chi connectivity index (χ3v) is 5.12. The van der Waals surface area contributed by atoms with Gasteiger partial charge in [-0.15, -0.1) is 0 Å². The fourth-order valence-corrected chi connectivity index (χ4v) is 3.59. The highest BCUT2D eigenvalue weighted by atomic mass is 19.1. The van der Waals surface area contributed by atoms with Crippen molar-refractivity contribution in [3.63, 3.8) is 0 Å². The number of methoxy groups -OCH3 is 2. The van der Waals surface area contributed by atoms with E-state index in [0.29, 0.717) is 56.4 Å². The predicted molar refractivity (Wildman–Crippen MR) is 122 cm³/mol. The first-order valence-corrected chi connectivity index (χ1v) is 9.98. The summed E-state index contributed by atoms with van der Waals surface area (Å²) in [5.74, 6) is 0.983. The molecule has 5 rings (SSSR count). The number of aromatic amines is 1. The third kappa shape index (κ3) is 3.71. The second-order valence-electron chi connectivity index (χ2n) is 7.06. The van der Waals surface area contributed by atoms with E-state index >= 15 is 0 Å². The first-order chi connectivity index (χ1) is 16.1. The summed E-state index contributed by atoms with van der Waals surface area (Å²) < 4.78 is 30.5. The number of nitrogens with one attached hydrogen (secondary N) is 2. The monoisotopic (exact) mass is 446 g/mol. The van der Waals surface area contributed by atoms with Crippen molar-refractivity contribution < 1.29 is 18.6 Å². The Bertz CT molecular complexity index is 1450. The summed E-state index contributed by atoms with van der Waals surface area (Å²) >= 11 is 0. The van der Waals surface area contributed by atoms with Gasteiger partial charge in [0.1, 0.15) is 17.2 Å². The Morgan fingerprint density at radius 1 is 0.939 bits per heavy atom.